The number of thioether (sulfide) groups is 1. The molecule has 0 aromatic heterocycles. The first-order valence-electron chi connectivity index (χ1n) is 7.56. The molecule has 2 aromatic carbocycles. The second-order valence-electron chi connectivity index (χ2n) is 5.53. The van der Waals surface area contributed by atoms with Crippen LogP contribution in [0.1, 0.15) is 10.4 Å². The van der Waals surface area contributed by atoms with Crippen molar-refractivity contribution in [2.24, 2.45) is 0 Å². The summed E-state index contributed by atoms with van der Waals surface area (Å²) in [7, 11) is 1.74. The number of ether oxygens (including phenoxy) is 2. The van der Waals surface area contributed by atoms with Gasteiger partial charge in [0.2, 0.25) is 0 Å². The van der Waals surface area contributed by atoms with E-state index in [1.54, 1.807) is 29.8 Å². The van der Waals surface area contributed by atoms with Crippen LogP contribution in [0, 0.1) is 0 Å². The first-order chi connectivity index (χ1) is 11.6. The van der Waals surface area contributed by atoms with Crippen molar-refractivity contribution in [1.29, 1.82) is 0 Å². The van der Waals surface area contributed by atoms with E-state index < -0.39 is 0 Å². The summed E-state index contributed by atoms with van der Waals surface area (Å²) in [5.74, 6) is 1.31. The normalized spacial score (nSPS) is 15.9. The second-order valence-corrected chi connectivity index (χ2v) is 6.82. The van der Waals surface area contributed by atoms with Crippen molar-refractivity contribution >= 4 is 29.3 Å². The van der Waals surface area contributed by atoms with E-state index in [2.05, 4.69) is 0 Å². The number of fused-ring (bicyclic) bond motifs is 1. The number of amides is 1. The average Bonchev–Trinajstić information content (AvgIpc) is 2.61. The summed E-state index contributed by atoms with van der Waals surface area (Å²) < 4.78 is 11.6. The third kappa shape index (κ3) is 3.62. The van der Waals surface area contributed by atoms with Crippen LogP contribution in [-0.2, 0) is 0 Å². The van der Waals surface area contributed by atoms with Gasteiger partial charge in [0.25, 0.3) is 5.91 Å². The molecule has 2 aromatic rings. The van der Waals surface area contributed by atoms with E-state index in [1.165, 1.54) is 0 Å². The van der Waals surface area contributed by atoms with Crippen LogP contribution in [0.3, 0.4) is 0 Å². The van der Waals surface area contributed by atoms with E-state index >= 15 is 0 Å². The maximum Gasteiger partial charge on any atom is 0.255 e. The Kier molecular flexibility index (Phi) is 5.21. The van der Waals surface area contributed by atoms with Crippen molar-refractivity contribution < 1.29 is 14.3 Å². The van der Waals surface area contributed by atoms with Crippen LogP contribution in [0.5, 0.6) is 11.5 Å². The van der Waals surface area contributed by atoms with Crippen molar-refractivity contribution in [1.82, 2.24) is 4.90 Å². The molecule has 24 heavy (non-hydrogen) atoms. The molecule has 1 aliphatic rings. The molecule has 1 atom stereocenters. The van der Waals surface area contributed by atoms with E-state index in [9.17, 15) is 4.79 Å². The number of carbonyl (C=O) groups excluding carboxylic acids is 1. The third-order valence-electron chi connectivity index (χ3n) is 3.80. The molecule has 4 nitrogen and oxygen atoms in total. The Morgan fingerprint density at radius 1 is 1.29 bits per heavy atom. The molecule has 0 radical (unpaired) electrons. The number of hydrogen-bond acceptors (Lipinski definition) is 4. The minimum atomic E-state index is -0.212. The standard InChI is InChI=1S/C18H18ClNO3S/c1-20(18(21)14-9-13(24-2)7-8-15(14)19)10-12-11-22-16-5-3-4-6-17(16)23-12/h3-9,12H,10-11H2,1-2H3/t12-/m1/s1. The van der Waals surface area contributed by atoms with Crippen molar-refractivity contribution in [3.8, 4) is 11.5 Å². The van der Waals surface area contributed by atoms with Gasteiger partial charge < -0.3 is 14.4 Å². The van der Waals surface area contributed by atoms with Crippen LogP contribution in [-0.4, -0.2) is 43.4 Å². The van der Waals surface area contributed by atoms with Gasteiger partial charge in [-0.25, -0.2) is 0 Å². The lowest BCUT2D eigenvalue weighted by molar-refractivity contribution is 0.0521. The highest BCUT2D eigenvalue weighted by Gasteiger charge is 2.25. The summed E-state index contributed by atoms with van der Waals surface area (Å²) in [4.78, 5) is 15.3. The fraction of sp³-hybridized carbons (Fsp3) is 0.278. The molecular weight excluding hydrogens is 346 g/mol. The molecule has 1 amide bonds. The molecule has 0 saturated carbocycles. The molecule has 0 N–H and O–H groups in total. The van der Waals surface area contributed by atoms with Gasteiger partial charge in [0.1, 0.15) is 6.61 Å². The smallest absolute Gasteiger partial charge is 0.255 e. The summed E-state index contributed by atoms with van der Waals surface area (Å²) in [5.41, 5.74) is 0.503. The highest BCUT2D eigenvalue weighted by Crippen LogP contribution is 2.31. The minimum absolute atomic E-state index is 0.127. The van der Waals surface area contributed by atoms with Crippen LogP contribution in [0.2, 0.25) is 5.02 Å². The zero-order valence-electron chi connectivity index (χ0n) is 13.5. The van der Waals surface area contributed by atoms with Crippen molar-refractivity contribution in [2.75, 3.05) is 26.5 Å². The highest BCUT2D eigenvalue weighted by molar-refractivity contribution is 7.98. The van der Waals surface area contributed by atoms with E-state index in [-0.39, 0.29) is 12.0 Å². The second kappa shape index (κ2) is 7.36. The maximum absolute atomic E-state index is 12.7. The first-order valence-corrected chi connectivity index (χ1v) is 9.16. The van der Waals surface area contributed by atoms with Gasteiger partial charge >= 0.3 is 0 Å². The summed E-state index contributed by atoms with van der Waals surface area (Å²) in [6.07, 6.45) is 1.75. The van der Waals surface area contributed by atoms with Gasteiger partial charge in [0.15, 0.2) is 17.6 Å². The molecule has 6 heteroatoms. The topological polar surface area (TPSA) is 38.8 Å². The van der Waals surface area contributed by atoms with Crippen LogP contribution >= 0.6 is 23.4 Å². The number of likely N-dealkylation sites (N-methyl/N-ethyl adjacent to an activating group) is 1. The van der Waals surface area contributed by atoms with Gasteiger partial charge in [-0.2, -0.15) is 0 Å². The molecular formula is C18H18ClNO3S. The molecule has 0 bridgehead atoms. The Bertz CT molecular complexity index is 753. The highest BCUT2D eigenvalue weighted by atomic mass is 35.5. The molecule has 126 valence electrons. The Morgan fingerprint density at radius 3 is 2.79 bits per heavy atom. The predicted octanol–water partition coefficient (Wildman–Crippen LogP) is 3.97. The van der Waals surface area contributed by atoms with Gasteiger partial charge in [-0.1, -0.05) is 23.7 Å². The van der Waals surface area contributed by atoms with Crippen molar-refractivity contribution in [3.05, 3.63) is 53.1 Å². The first kappa shape index (κ1) is 17.0. The van der Waals surface area contributed by atoms with Crippen LogP contribution in [0.4, 0.5) is 0 Å². The maximum atomic E-state index is 12.7. The van der Waals surface area contributed by atoms with Crippen molar-refractivity contribution in [3.63, 3.8) is 0 Å². The minimum Gasteiger partial charge on any atom is -0.486 e. The number of carbonyl (C=O) groups is 1. The van der Waals surface area contributed by atoms with E-state index in [0.717, 1.165) is 10.6 Å². The van der Waals surface area contributed by atoms with Gasteiger partial charge in [-0.05, 0) is 36.6 Å². The molecule has 0 fully saturated rings. The fourth-order valence-corrected chi connectivity index (χ4v) is 3.18. The van der Waals surface area contributed by atoms with Crippen LogP contribution in [0.15, 0.2) is 47.4 Å². The summed E-state index contributed by atoms with van der Waals surface area (Å²) in [5, 5.41) is 0.454. The van der Waals surface area contributed by atoms with Crippen LogP contribution < -0.4 is 9.47 Å². The monoisotopic (exact) mass is 363 g/mol. The van der Waals surface area contributed by atoms with Gasteiger partial charge in [0, 0.05) is 11.9 Å². The number of rotatable bonds is 4. The lowest BCUT2D eigenvalue weighted by Gasteiger charge is -2.29. The predicted molar refractivity (Wildman–Crippen MR) is 96.5 cm³/mol. The molecule has 1 heterocycles. The Morgan fingerprint density at radius 2 is 2.04 bits per heavy atom. The zero-order chi connectivity index (χ0) is 17.1. The summed E-state index contributed by atoms with van der Waals surface area (Å²) >= 11 is 7.76. The van der Waals surface area contributed by atoms with E-state index in [0.29, 0.717) is 29.5 Å². The summed E-state index contributed by atoms with van der Waals surface area (Å²) in [6.45, 7) is 0.834. The SMILES string of the molecule is CSc1ccc(Cl)c(C(=O)N(C)C[C@@H]2COc3ccccc3O2)c1. The number of halogens is 1. The molecule has 0 aliphatic carbocycles. The third-order valence-corrected chi connectivity index (χ3v) is 4.85. The quantitative estimate of drug-likeness (QED) is 0.770. The van der Waals surface area contributed by atoms with Gasteiger partial charge in [0.05, 0.1) is 17.1 Å². The van der Waals surface area contributed by atoms with E-state index in [1.807, 2.05) is 42.7 Å². The van der Waals surface area contributed by atoms with Crippen molar-refractivity contribution in [2.45, 2.75) is 11.0 Å². The Balaban J connectivity index is 1.69. The van der Waals surface area contributed by atoms with E-state index in [4.69, 9.17) is 21.1 Å². The fourth-order valence-electron chi connectivity index (χ4n) is 2.54. The Hall–Kier alpha value is -1.85. The average molecular weight is 364 g/mol. The number of hydrogen-bond donors (Lipinski definition) is 0. The molecule has 3 rings (SSSR count). The molecule has 0 unspecified atom stereocenters. The number of benzene rings is 2. The van der Waals surface area contributed by atoms with Gasteiger partial charge in [-0.15, -0.1) is 11.8 Å². The Labute approximate surface area is 150 Å². The number of para-hydroxylation sites is 2. The zero-order valence-corrected chi connectivity index (χ0v) is 15.1. The molecule has 1 aliphatic heterocycles. The largest absolute Gasteiger partial charge is 0.486 e. The van der Waals surface area contributed by atoms with Gasteiger partial charge in [-0.3, -0.25) is 4.79 Å². The lowest BCUT2D eigenvalue weighted by atomic mass is 10.2. The summed E-state index contributed by atoms with van der Waals surface area (Å²) in [6, 6.07) is 13.0. The lowest BCUT2D eigenvalue weighted by Crippen LogP contribution is -2.41. The molecule has 0 spiro atoms. The molecule has 0 saturated heterocycles. The van der Waals surface area contributed by atoms with Crippen LogP contribution in [0.25, 0.3) is 0 Å². The number of nitrogens with zero attached hydrogens (tertiary/aromatic N) is 1.